The van der Waals surface area contributed by atoms with Crippen molar-refractivity contribution < 1.29 is 24.2 Å². The number of hydrogen-bond donors (Lipinski definition) is 1. The van der Waals surface area contributed by atoms with Gasteiger partial charge in [-0.15, -0.1) is 11.3 Å². The fourth-order valence-electron chi connectivity index (χ4n) is 4.84. The molecule has 1 N–H and O–H groups in total. The van der Waals surface area contributed by atoms with Gasteiger partial charge in [0.25, 0.3) is 0 Å². The molecule has 2 aliphatic carbocycles. The number of carbonyl (C=O) groups excluding carboxylic acids is 1. The average Bonchev–Trinajstić information content (AvgIpc) is 3.27. The van der Waals surface area contributed by atoms with Crippen LogP contribution in [0, 0.1) is 11.8 Å². The zero-order valence-electron chi connectivity index (χ0n) is 20.3. The Balaban J connectivity index is 1.84. The molecule has 2 aliphatic rings. The van der Waals surface area contributed by atoms with Gasteiger partial charge in [0.2, 0.25) is 5.91 Å². The predicted octanol–water partition coefficient (Wildman–Crippen LogP) is 6.35. The molecule has 1 aromatic heterocycles. The minimum atomic E-state index is -0.954. The largest absolute Gasteiger partial charge is 0.477 e. The van der Waals surface area contributed by atoms with Crippen LogP contribution in [-0.4, -0.2) is 43.5 Å². The van der Waals surface area contributed by atoms with Crippen molar-refractivity contribution in [1.29, 1.82) is 0 Å². The molecule has 6 nitrogen and oxygen atoms in total. The van der Waals surface area contributed by atoms with E-state index >= 15 is 0 Å². The molecule has 184 valence electrons. The summed E-state index contributed by atoms with van der Waals surface area (Å²) in [5, 5.41) is 9.98. The fraction of sp³-hybridized carbons (Fsp3) is 0.692. The van der Waals surface area contributed by atoms with Crippen molar-refractivity contribution in [2.75, 3.05) is 25.3 Å². The van der Waals surface area contributed by atoms with E-state index in [1.165, 1.54) is 23.3 Å². The molecule has 1 fully saturated rings. The lowest BCUT2D eigenvalue weighted by atomic mass is 9.82. The fourth-order valence-corrected chi connectivity index (χ4v) is 5.90. The van der Waals surface area contributed by atoms with Crippen molar-refractivity contribution >= 4 is 34.5 Å². The predicted molar refractivity (Wildman–Crippen MR) is 133 cm³/mol. The zero-order chi connectivity index (χ0) is 23.8. The minimum Gasteiger partial charge on any atom is -0.477 e. The summed E-state index contributed by atoms with van der Waals surface area (Å²) in [5.74, 6) is -0.245. The van der Waals surface area contributed by atoms with Crippen LogP contribution in [0.2, 0.25) is 0 Å². The third-order valence-corrected chi connectivity index (χ3v) is 8.09. The Morgan fingerprint density at radius 2 is 2.00 bits per heavy atom. The van der Waals surface area contributed by atoms with Gasteiger partial charge in [-0.3, -0.25) is 4.79 Å². The molecule has 0 aliphatic heterocycles. The maximum atomic E-state index is 13.7. The smallest absolute Gasteiger partial charge is 0.348 e. The second-order valence-corrected chi connectivity index (χ2v) is 10.6. The van der Waals surface area contributed by atoms with E-state index < -0.39 is 5.97 Å². The van der Waals surface area contributed by atoms with Crippen LogP contribution in [0.15, 0.2) is 12.1 Å². The van der Waals surface area contributed by atoms with Gasteiger partial charge in [0.1, 0.15) is 11.7 Å². The van der Waals surface area contributed by atoms with Crippen LogP contribution in [0.3, 0.4) is 0 Å². The lowest BCUT2D eigenvalue weighted by Crippen LogP contribution is -2.39. The number of thiophene rings is 1. The van der Waals surface area contributed by atoms with Gasteiger partial charge in [-0.05, 0) is 88.7 Å². The molecule has 1 amide bonds. The summed E-state index contributed by atoms with van der Waals surface area (Å²) in [6.07, 6.45) is 12.0. The number of anilines is 1. The summed E-state index contributed by atoms with van der Waals surface area (Å²) < 4.78 is 10.6. The molecule has 33 heavy (non-hydrogen) atoms. The summed E-state index contributed by atoms with van der Waals surface area (Å²) in [5.41, 5.74) is 1.79. The summed E-state index contributed by atoms with van der Waals surface area (Å²) in [7, 11) is 1.60. The molecule has 0 aromatic carbocycles. The number of allylic oxidation sites excluding steroid dienone is 2. The van der Waals surface area contributed by atoms with Gasteiger partial charge in [0, 0.05) is 24.4 Å². The van der Waals surface area contributed by atoms with Crippen LogP contribution in [0.5, 0.6) is 0 Å². The Labute approximate surface area is 202 Å². The van der Waals surface area contributed by atoms with Gasteiger partial charge in [-0.2, -0.15) is 0 Å². The number of carboxylic acids is 1. The molecule has 1 atom stereocenters. The number of carboxylic acid groups (broad SMARTS) is 1. The lowest BCUT2D eigenvalue weighted by Gasteiger charge is -2.31. The van der Waals surface area contributed by atoms with Gasteiger partial charge in [-0.1, -0.05) is 13.0 Å². The summed E-state index contributed by atoms with van der Waals surface area (Å²) in [6, 6.07) is 1.96. The SMILES string of the molecule is COCOC(C)CCCN(C(=O)C1CCC(C)CC1)c1cc(C2=CCCCC2)sc1C(=O)O. The van der Waals surface area contributed by atoms with E-state index in [-0.39, 0.29) is 29.6 Å². The molecular weight excluding hydrogens is 438 g/mol. The number of methoxy groups -OCH3 is 1. The van der Waals surface area contributed by atoms with Crippen LogP contribution in [0.1, 0.15) is 92.6 Å². The van der Waals surface area contributed by atoms with Crippen LogP contribution in [0.4, 0.5) is 5.69 Å². The Morgan fingerprint density at radius 1 is 1.24 bits per heavy atom. The molecule has 0 spiro atoms. The van der Waals surface area contributed by atoms with Crippen molar-refractivity contribution in [3.8, 4) is 0 Å². The van der Waals surface area contributed by atoms with Crippen molar-refractivity contribution in [3.05, 3.63) is 21.9 Å². The van der Waals surface area contributed by atoms with Crippen LogP contribution in [-0.2, 0) is 14.3 Å². The Morgan fingerprint density at radius 3 is 2.64 bits per heavy atom. The Kier molecular flexibility index (Phi) is 9.95. The van der Waals surface area contributed by atoms with Crippen molar-refractivity contribution in [2.24, 2.45) is 11.8 Å². The second-order valence-electron chi connectivity index (χ2n) is 9.58. The van der Waals surface area contributed by atoms with Crippen LogP contribution in [0.25, 0.3) is 5.57 Å². The molecule has 0 radical (unpaired) electrons. The van der Waals surface area contributed by atoms with Gasteiger partial charge < -0.3 is 19.5 Å². The van der Waals surface area contributed by atoms with Gasteiger partial charge in [0.15, 0.2) is 0 Å². The Hall–Kier alpha value is -1.70. The Bertz CT molecular complexity index is 825. The average molecular weight is 478 g/mol. The molecule has 1 unspecified atom stereocenters. The number of rotatable bonds is 11. The highest BCUT2D eigenvalue weighted by atomic mass is 32.1. The minimum absolute atomic E-state index is 0.0156. The maximum Gasteiger partial charge on any atom is 0.348 e. The molecule has 3 rings (SSSR count). The number of aromatic carboxylic acids is 1. The van der Waals surface area contributed by atoms with Gasteiger partial charge >= 0.3 is 5.97 Å². The standard InChI is InChI=1S/C26H39NO5S/c1-18-11-13-21(14-12-18)25(28)27(15-7-8-19(2)32-17-31-3)22-16-23(33-24(22)26(29)30)20-9-5-4-6-10-20/h9,16,18-19,21H,4-8,10-15,17H2,1-3H3,(H,29,30). The maximum absolute atomic E-state index is 13.7. The lowest BCUT2D eigenvalue weighted by molar-refractivity contribution is -0.123. The molecule has 1 saturated carbocycles. The monoisotopic (exact) mass is 477 g/mol. The van der Waals surface area contributed by atoms with Crippen molar-refractivity contribution in [2.45, 2.75) is 84.2 Å². The summed E-state index contributed by atoms with van der Waals surface area (Å²) >= 11 is 1.31. The number of carbonyl (C=O) groups is 2. The second kappa shape index (κ2) is 12.7. The molecule has 0 saturated heterocycles. The van der Waals surface area contributed by atoms with E-state index in [1.807, 2.05) is 13.0 Å². The van der Waals surface area contributed by atoms with Crippen molar-refractivity contribution in [1.82, 2.24) is 0 Å². The molecule has 0 bridgehead atoms. The number of amides is 1. The highest BCUT2D eigenvalue weighted by molar-refractivity contribution is 7.15. The van der Waals surface area contributed by atoms with E-state index in [0.717, 1.165) is 62.7 Å². The highest BCUT2D eigenvalue weighted by Gasteiger charge is 2.32. The quantitative estimate of drug-likeness (QED) is 0.376. The third-order valence-electron chi connectivity index (χ3n) is 6.90. The normalized spacial score (nSPS) is 22.0. The molecule has 7 heteroatoms. The molecule has 1 heterocycles. The van der Waals surface area contributed by atoms with E-state index in [4.69, 9.17) is 9.47 Å². The summed E-state index contributed by atoms with van der Waals surface area (Å²) in [4.78, 5) is 28.9. The zero-order valence-corrected chi connectivity index (χ0v) is 21.1. The topological polar surface area (TPSA) is 76.1 Å². The first-order valence-electron chi connectivity index (χ1n) is 12.4. The highest BCUT2D eigenvalue weighted by Crippen LogP contribution is 2.39. The first-order chi connectivity index (χ1) is 15.9. The molecular formula is C26H39NO5S. The number of hydrogen-bond acceptors (Lipinski definition) is 5. The van der Waals surface area contributed by atoms with Crippen LogP contribution < -0.4 is 4.90 Å². The van der Waals surface area contributed by atoms with E-state index in [0.29, 0.717) is 18.2 Å². The number of nitrogens with zero attached hydrogens (tertiary/aromatic N) is 1. The van der Waals surface area contributed by atoms with E-state index in [9.17, 15) is 14.7 Å². The van der Waals surface area contributed by atoms with Crippen molar-refractivity contribution in [3.63, 3.8) is 0 Å². The van der Waals surface area contributed by atoms with Crippen LogP contribution >= 0.6 is 11.3 Å². The first kappa shape index (κ1) is 25.9. The first-order valence-corrected chi connectivity index (χ1v) is 13.2. The van der Waals surface area contributed by atoms with Gasteiger partial charge in [0.05, 0.1) is 11.8 Å². The van der Waals surface area contributed by atoms with E-state index in [2.05, 4.69) is 13.0 Å². The third kappa shape index (κ3) is 7.14. The van der Waals surface area contributed by atoms with Gasteiger partial charge in [-0.25, -0.2) is 4.79 Å². The van der Waals surface area contributed by atoms with E-state index in [1.54, 1.807) is 12.0 Å². The molecule has 1 aromatic rings. The summed E-state index contributed by atoms with van der Waals surface area (Å²) in [6.45, 7) is 4.98. The number of ether oxygens (including phenoxy) is 2.